The maximum Gasteiger partial charge on any atom is 0.221 e. The van der Waals surface area contributed by atoms with Crippen LogP contribution in [-0.4, -0.2) is 22.0 Å². The number of carbonyl (C=O) groups excluding carboxylic acids is 1. The number of aromatic nitrogens is 2. The van der Waals surface area contributed by atoms with Crippen molar-refractivity contribution in [2.45, 2.75) is 32.9 Å². The molecule has 0 radical (unpaired) electrons. The van der Waals surface area contributed by atoms with Crippen molar-refractivity contribution < 1.29 is 4.79 Å². The lowest BCUT2D eigenvalue weighted by Gasteiger charge is -2.15. The van der Waals surface area contributed by atoms with Gasteiger partial charge in [0.15, 0.2) is 0 Å². The predicted octanol–water partition coefficient (Wildman–Crippen LogP) is 3.74. The number of amides is 1. The Morgan fingerprint density at radius 2 is 2.04 bits per heavy atom. The number of hydrogen-bond acceptors (Lipinski definition) is 3. The molecule has 0 saturated carbocycles. The van der Waals surface area contributed by atoms with Crippen molar-refractivity contribution in [2.75, 3.05) is 11.9 Å². The Hall–Kier alpha value is -2.66. The van der Waals surface area contributed by atoms with Crippen LogP contribution in [0.2, 0.25) is 0 Å². The summed E-state index contributed by atoms with van der Waals surface area (Å²) in [5, 5.41) is 6.37. The van der Waals surface area contributed by atoms with Crippen LogP contribution < -0.4 is 10.6 Å². The number of fused-ring (bicyclic) bond motifs is 1. The van der Waals surface area contributed by atoms with Gasteiger partial charge in [0.2, 0.25) is 5.91 Å². The summed E-state index contributed by atoms with van der Waals surface area (Å²) in [5.41, 5.74) is 4.22. The molecule has 130 valence electrons. The minimum atomic E-state index is -0.0506. The molecule has 0 fully saturated rings. The number of para-hydroxylation sites is 2. The van der Waals surface area contributed by atoms with Crippen molar-refractivity contribution in [1.82, 2.24) is 14.9 Å². The number of hydrogen-bond donors (Lipinski definition) is 2. The van der Waals surface area contributed by atoms with E-state index in [1.54, 1.807) is 0 Å². The van der Waals surface area contributed by atoms with Crippen molar-refractivity contribution >= 4 is 22.6 Å². The first-order valence-electron chi connectivity index (χ1n) is 8.64. The van der Waals surface area contributed by atoms with E-state index >= 15 is 0 Å². The summed E-state index contributed by atoms with van der Waals surface area (Å²) >= 11 is 0. The van der Waals surface area contributed by atoms with E-state index < -0.39 is 0 Å². The summed E-state index contributed by atoms with van der Waals surface area (Å²) in [6, 6.07) is 16.4. The van der Waals surface area contributed by atoms with E-state index in [0.29, 0.717) is 0 Å². The van der Waals surface area contributed by atoms with Gasteiger partial charge in [-0.15, -0.1) is 0 Å². The molecule has 0 aliphatic rings. The lowest BCUT2D eigenvalue weighted by Crippen LogP contribution is -2.21. The van der Waals surface area contributed by atoms with Crippen LogP contribution in [0, 0.1) is 0 Å². The van der Waals surface area contributed by atoms with Gasteiger partial charge in [0.05, 0.1) is 17.4 Å². The zero-order chi connectivity index (χ0) is 17.6. The summed E-state index contributed by atoms with van der Waals surface area (Å²) in [6.07, 6.45) is 2.93. The SMILES string of the molecule is CC(=O)Nc1cccc(C(C)NCCCn2cnc3ccccc32)c1. The van der Waals surface area contributed by atoms with Gasteiger partial charge >= 0.3 is 0 Å². The maximum absolute atomic E-state index is 11.2. The first-order chi connectivity index (χ1) is 12.1. The van der Waals surface area contributed by atoms with Crippen molar-refractivity contribution in [2.24, 2.45) is 0 Å². The van der Waals surface area contributed by atoms with Crippen LogP contribution in [0.1, 0.15) is 31.9 Å². The second-order valence-corrected chi connectivity index (χ2v) is 6.26. The van der Waals surface area contributed by atoms with Crippen LogP contribution in [0.25, 0.3) is 11.0 Å². The molecule has 5 heteroatoms. The van der Waals surface area contributed by atoms with Gasteiger partial charge in [-0.3, -0.25) is 4.79 Å². The van der Waals surface area contributed by atoms with E-state index in [-0.39, 0.29) is 11.9 Å². The molecular weight excluding hydrogens is 312 g/mol. The summed E-state index contributed by atoms with van der Waals surface area (Å²) in [6.45, 7) is 5.51. The lowest BCUT2D eigenvalue weighted by molar-refractivity contribution is -0.114. The molecule has 2 N–H and O–H groups in total. The second kappa shape index (κ2) is 7.94. The number of aryl methyl sites for hydroxylation is 1. The Kier molecular flexibility index (Phi) is 5.46. The zero-order valence-corrected chi connectivity index (χ0v) is 14.7. The van der Waals surface area contributed by atoms with E-state index in [0.717, 1.165) is 30.7 Å². The van der Waals surface area contributed by atoms with Gasteiger partial charge < -0.3 is 15.2 Å². The van der Waals surface area contributed by atoms with E-state index in [1.165, 1.54) is 18.0 Å². The van der Waals surface area contributed by atoms with Crippen molar-refractivity contribution in [3.8, 4) is 0 Å². The van der Waals surface area contributed by atoms with Crippen molar-refractivity contribution in [1.29, 1.82) is 0 Å². The number of carbonyl (C=O) groups is 1. The van der Waals surface area contributed by atoms with Gasteiger partial charge in [-0.1, -0.05) is 24.3 Å². The highest BCUT2D eigenvalue weighted by atomic mass is 16.1. The Morgan fingerprint density at radius 3 is 2.88 bits per heavy atom. The largest absolute Gasteiger partial charge is 0.331 e. The van der Waals surface area contributed by atoms with Crippen molar-refractivity contribution in [3.05, 3.63) is 60.4 Å². The quantitative estimate of drug-likeness (QED) is 0.646. The average molecular weight is 336 g/mol. The highest BCUT2D eigenvalue weighted by Crippen LogP contribution is 2.17. The van der Waals surface area contributed by atoms with Gasteiger partial charge in [-0.2, -0.15) is 0 Å². The normalized spacial score (nSPS) is 12.2. The summed E-state index contributed by atoms with van der Waals surface area (Å²) in [4.78, 5) is 15.6. The molecule has 3 rings (SSSR count). The van der Waals surface area contributed by atoms with Crippen LogP contribution in [-0.2, 0) is 11.3 Å². The fourth-order valence-corrected chi connectivity index (χ4v) is 2.96. The number of anilines is 1. The molecule has 1 heterocycles. The van der Waals surface area contributed by atoms with Gasteiger partial charge in [0.25, 0.3) is 0 Å². The smallest absolute Gasteiger partial charge is 0.221 e. The van der Waals surface area contributed by atoms with E-state index in [1.807, 2.05) is 42.7 Å². The molecule has 0 spiro atoms. The standard InChI is InChI=1S/C20H24N4O/c1-15(17-7-5-8-18(13-17)23-16(2)25)21-11-6-12-24-14-22-19-9-3-4-10-20(19)24/h3-5,7-10,13-15,21H,6,11-12H2,1-2H3,(H,23,25). The minimum Gasteiger partial charge on any atom is -0.331 e. The highest BCUT2D eigenvalue weighted by Gasteiger charge is 2.06. The summed E-state index contributed by atoms with van der Waals surface area (Å²) in [7, 11) is 0. The van der Waals surface area contributed by atoms with Crippen molar-refractivity contribution in [3.63, 3.8) is 0 Å². The molecule has 3 aromatic rings. The Labute approximate surface area is 148 Å². The second-order valence-electron chi connectivity index (χ2n) is 6.26. The number of imidazole rings is 1. The summed E-state index contributed by atoms with van der Waals surface area (Å²) < 4.78 is 2.19. The molecule has 0 bridgehead atoms. The van der Waals surface area contributed by atoms with Crippen LogP contribution in [0.3, 0.4) is 0 Å². The highest BCUT2D eigenvalue weighted by molar-refractivity contribution is 5.88. The molecule has 1 amide bonds. The number of rotatable bonds is 7. The third-order valence-electron chi connectivity index (χ3n) is 4.26. The third kappa shape index (κ3) is 4.45. The van der Waals surface area contributed by atoms with E-state index in [4.69, 9.17) is 0 Å². The third-order valence-corrected chi connectivity index (χ3v) is 4.26. The Balaban J connectivity index is 1.51. The molecule has 0 saturated heterocycles. The van der Waals surface area contributed by atoms with Crippen LogP contribution in [0.15, 0.2) is 54.9 Å². The van der Waals surface area contributed by atoms with Crippen LogP contribution >= 0.6 is 0 Å². The van der Waals surface area contributed by atoms with Gasteiger partial charge in [-0.05, 0) is 49.7 Å². The molecule has 2 aromatic carbocycles. The first-order valence-corrected chi connectivity index (χ1v) is 8.64. The molecule has 1 unspecified atom stereocenters. The molecule has 0 aliphatic carbocycles. The average Bonchev–Trinajstić information content (AvgIpc) is 3.01. The van der Waals surface area contributed by atoms with Gasteiger partial charge in [0, 0.05) is 25.2 Å². The van der Waals surface area contributed by atoms with E-state index in [2.05, 4.69) is 39.2 Å². The van der Waals surface area contributed by atoms with Gasteiger partial charge in [0.1, 0.15) is 0 Å². The van der Waals surface area contributed by atoms with Gasteiger partial charge in [-0.25, -0.2) is 4.98 Å². The molecule has 1 atom stereocenters. The number of benzene rings is 2. The number of nitrogens with zero attached hydrogens (tertiary/aromatic N) is 2. The predicted molar refractivity (Wildman–Crippen MR) is 102 cm³/mol. The van der Waals surface area contributed by atoms with E-state index in [9.17, 15) is 4.79 Å². The zero-order valence-electron chi connectivity index (χ0n) is 14.7. The fraction of sp³-hybridized carbons (Fsp3) is 0.300. The molecule has 1 aromatic heterocycles. The fourth-order valence-electron chi connectivity index (χ4n) is 2.96. The molecule has 0 aliphatic heterocycles. The topological polar surface area (TPSA) is 59.0 Å². The minimum absolute atomic E-state index is 0.0506. The Morgan fingerprint density at radius 1 is 1.20 bits per heavy atom. The van der Waals surface area contributed by atoms with Crippen LogP contribution in [0.4, 0.5) is 5.69 Å². The molecule has 5 nitrogen and oxygen atoms in total. The maximum atomic E-state index is 11.2. The van der Waals surface area contributed by atoms with Crippen LogP contribution in [0.5, 0.6) is 0 Å². The monoisotopic (exact) mass is 336 g/mol. The molecule has 25 heavy (non-hydrogen) atoms. The lowest BCUT2D eigenvalue weighted by atomic mass is 10.1. The Bertz CT molecular complexity index is 856. The summed E-state index contributed by atoms with van der Waals surface area (Å²) in [5.74, 6) is -0.0506. The number of nitrogens with one attached hydrogen (secondary N) is 2. The first kappa shape index (κ1) is 17.2. The molecular formula is C20H24N4O.